The molecule has 3 amide bonds. The highest BCUT2D eigenvalue weighted by Gasteiger charge is 2.38. The van der Waals surface area contributed by atoms with Crippen molar-refractivity contribution in [3.8, 4) is 6.07 Å². The maximum atomic E-state index is 13.8. The monoisotopic (exact) mass is 484 g/mol. The zero-order chi connectivity index (χ0) is 25.6. The van der Waals surface area contributed by atoms with Gasteiger partial charge in [0.2, 0.25) is 17.7 Å². The topological polar surface area (TPSA) is 166 Å². The number of carbonyl (C=O) groups excluding carboxylic acids is 3. The van der Waals surface area contributed by atoms with Crippen LogP contribution in [0, 0.1) is 17.1 Å². The van der Waals surface area contributed by atoms with Crippen LogP contribution in [0.25, 0.3) is 0 Å². The van der Waals surface area contributed by atoms with Crippen LogP contribution < -0.4 is 16.0 Å². The Labute approximate surface area is 202 Å². The van der Waals surface area contributed by atoms with Gasteiger partial charge in [-0.3, -0.25) is 14.4 Å². The molecule has 0 radical (unpaired) electrons. The Bertz CT molecular complexity index is 1120. The zero-order valence-electron chi connectivity index (χ0n) is 19.9. The Kier molecular flexibility index (Phi) is 7.78. The fourth-order valence-corrected chi connectivity index (χ4v) is 3.68. The lowest BCUT2D eigenvalue weighted by molar-refractivity contribution is -0.134. The molecule has 35 heavy (non-hydrogen) atoms. The SMILES string of the molecule is CC(C)(C(=O)NCCC(=O)N[C@@](C)(Cc1nn[nH]n1)C(=O)NC1CCC1)c1cc(F)cc(C#N)c1. The van der Waals surface area contributed by atoms with Crippen LogP contribution in [0.5, 0.6) is 0 Å². The fourth-order valence-electron chi connectivity index (χ4n) is 3.68. The van der Waals surface area contributed by atoms with Crippen LogP contribution >= 0.6 is 0 Å². The second kappa shape index (κ2) is 10.6. The van der Waals surface area contributed by atoms with E-state index in [2.05, 4.69) is 36.6 Å². The van der Waals surface area contributed by atoms with Crippen LogP contribution in [0.1, 0.15) is 63.4 Å². The Balaban J connectivity index is 1.59. The van der Waals surface area contributed by atoms with Gasteiger partial charge in [-0.1, -0.05) is 5.21 Å². The third kappa shape index (κ3) is 6.38. The van der Waals surface area contributed by atoms with Gasteiger partial charge in [-0.15, -0.1) is 10.2 Å². The minimum absolute atomic E-state index is 0.00292. The molecule has 0 aliphatic heterocycles. The third-order valence-electron chi connectivity index (χ3n) is 6.21. The highest BCUT2D eigenvalue weighted by molar-refractivity contribution is 5.92. The second-order valence-corrected chi connectivity index (χ2v) is 9.46. The van der Waals surface area contributed by atoms with Gasteiger partial charge < -0.3 is 16.0 Å². The summed E-state index contributed by atoms with van der Waals surface area (Å²) in [5.41, 5.74) is -1.99. The van der Waals surface area contributed by atoms with E-state index >= 15 is 0 Å². The van der Waals surface area contributed by atoms with Crippen LogP contribution in [0.15, 0.2) is 18.2 Å². The first-order valence-electron chi connectivity index (χ1n) is 11.4. The van der Waals surface area contributed by atoms with Crippen LogP contribution in [-0.4, -0.2) is 56.5 Å². The lowest BCUT2D eigenvalue weighted by Crippen LogP contribution is -2.60. The maximum Gasteiger partial charge on any atom is 0.246 e. The van der Waals surface area contributed by atoms with Gasteiger partial charge in [-0.25, -0.2) is 4.39 Å². The highest BCUT2D eigenvalue weighted by atomic mass is 19.1. The summed E-state index contributed by atoms with van der Waals surface area (Å²) < 4.78 is 13.8. The minimum atomic E-state index is -1.31. The first kappa shape index (κ1) is 25.7. The average Bonchev–Trinajstić information content (AvgIpc) is 3.27. The Morgan fingerprint density at radius 2 is 1.94 bits per heavy atom. The second-order valence-electron chi connectivity index (χ2n) is 9.46. The number of hydrogen-bond acceptors (Lipinski definition) is 7. The summed E-state index contributed by atoms with van der Waals surface area (Å²) in [6, 6.07) is 5.70. The maximum absolute atomic E-state index is 13.8. The molecule has 12 heteroatoms. The number of aromatic nitrogens is 4. The number of tetrazole rings is 1. The number of benzene rings is 1. The lowest BCUT2D eigenvalue weighted by Gasteiger charge is -2.34. The molecule has 0 unspecified atom stereocenters. The molecule has 1 fully saturated rings. The van der Waals surface area contributed by atoms with E-state index in [-0.39, 0.29) is 42.7 Å². The number of nitrogens with zero attached hydrogens (tertiary/aromatic N) is 4. The predicted molar refractivity (Wildman–Crippen MR) is 122 cm³/mol. The number of aromatic amines is 1. The molecule has 1 saturated carbocycles. The number of carbonyl (C=O) groups is 3. The molecule has 3 rings (SSSR count). The predicted octanol–water partition coefficient (Wildman–Crippen LogP) is 0.781. The molecule has 1 aliphatic rings. The first-order valence-corrected chi connectivity index (χ1v) is 11.4. The van der Waals surface area contributed by atoms with Crippen molar-refractivity contribution in [1.82, 2.24) is 36.6 Å². The van der Waals surface area contributed by atoms with Crippen molar-refractivity contribution in [3.63, 3.8) is 0 Å². The van der Waals surface area contributed by atoms with Crippen molar-refractivity contribution < 1.29 is 18.8 Å². The number of H-pyrrole nitrogens is 1. The van der Waals surface area contributed by atoms with Crippen molar-refractivity contribution >= 4 is 17.7 Å². The number of hydrogen-bond donors (Lipinski definition) is 4. The smallest absolute Gasteiger partial charge is 0.246 e. The minimum Gasteiger partial charge on any atom is -0.355 e. The van der Waals surface area contributed by atoms with E-state index in [1.165, 1.54) is 12.1 Å². The largest absolute Gasteiger partial charge is 0.355 e. The Morgan fingerprint density at radius 3 is 2.54 bits per heavy atom. The zero-order valence-corrected chi connectivity index (χ0v) is 19.9. The fraction of sp³-hybridized carbons (Fsp3) is 0.522. The number of rotatable bonds is 10. The van der Waals surface area contributed by atoms with Gasteiger partial charge in [0, 0.05) is 25.4 Å². The molecule has 1 aromatic heterocycles. The summed E-state index contributed by atoms with van der Waals surface area (Å²) in [7, 11) is 0. The molecule has 2 aromatic rings. The summed E-state index contributed by atoms with van der Waals surface area (Å²) in [5.74, 6) is -1.56. The standard InChI is InChI=1S/C23H29FN8O3/c1-22(2,15-9-14(13-25)10-16(24)11-15)20(34)26-8-7-19(33)28-23(3,12-18-29-31-32-30-18)21(35)27-17-5-4-6-17/h9-11,17H,4-8,12H2,1-3H3,(H,26,34)(H,27,35)(H,28,33)(H,29,30,31,32)/t23-/m0/s1. The van der Waals surface area contributed by atoms with E-state index in [4.69, 9.17) is 5.26 Å². The van der Waals surface area contributed by atoms with E-state index in [0.29, 0.717) is 5.56 Å². The van der Waals surface area contributed by atoms with Crippen LogP contribution in [0.2, 0.25) is 0 Å². The number of halogens is 1. The summed E-state index contributed by atoms with van der Waals surface area (Å²) in [4.78, 5) is 38.4. The molecular weight excluding hydrogens is 455 g/mol. The average molecular weight is 485 g/mol. The quantitative estimate of drug-likeness (QED) is 0.387. The number of nitriles is 1. The normalized spacial score (nSPS) is 15.3. The van der Waals surface area contributed by atoms with E-state index in [1.807, 2.05) is 6.07 Å². The Morgan fingerprint density at radius 1 is 1.20 bits per heavy atom. The summed E-state index contributed by atoms with van der Waals surface area (Å²) in [6.07, 6.45) is 2.77. The molecule has 0 saturated heterocycles. The summed E-state index contributed by atoms with van der Waals surface area (Å²) in [6.45, 7) is 4.79. The molecule has 1 heterocycles. The molecule has 4 N–H and O–H groups in total. The molecule has 0 spiro atoms. The first-order chi connectivity index (χ1) is 16.5. The summed E-state index contributed by atoms with van der Waals surface area (Å²) in [5, 5.41) is 31.0. The van der Waals surface area contributed by atoms with Gasteiger partial charge in [0.05, 0.1) is 17.0 Å². The van der Waals surface area contributed by atoms with Crippen molar-refractivity contribution in [1.29, 1.82) is 5.26 Å². The summed E-state index contributed by atoms with van der Waals surface area (Å²) >= 11 is 0. The molecule has 1 atom stereocenters. The van der Waals surface area contributed by atoms with Crippen LogP contribution in [0.4, 0.5) is 4.39 Å². The van der Waals surface area contributed by atoms with Gasteiger partial charge in [-0.2, -0.15) is 10.5 Å². The van der Waals surface area contributed by atoms with Crippen LogP contribution in [0.3, 0.4) is 0 Å². The molecule has 186 valence electrons. The van der Waals surface area contributed by atoms with Gasteiger partial charge in [0.1, 0.15) is 11.4 Å². The van der Waals surface area contributed by atoms with E-state index in [1.54, 1.807) is 20.8 Å². The van der Waals surface area contributed by atoms with Crippen molar-refractivity contribution in [3.05, 3.63) is 41.0 Å². The third-order valence-corrected chi connectivity index (χ3v) is 6.21. The molecule has 1 aromatic carbocycles. The van der Waals surface area contributed by atoms with E-state index in [0.717, 1.165) is 25.3 Å². The number of nitrogens with one attached hydrogen (secondary N) is 4. The molecule has 11 nitrogen and oxygen atoms in total. The van der Waals surface area contributed by atoms with Crippen LogP contribution in [-0.2, 0) is 26.2 Å². The van der Waals surface area contributed by atoms with Gasteiger partial charge in [0.25, 0.3) is 0 Å². The highest BCUT2D eigenvalue weighted by Crippen LogP contribution is 2.25. The lowest BCUT2D eigenvalue weighted by atomic mass is 9.83. The Hall–Kier alpha value is -3.88. The molecule has 0 bridgehead atoms. The number of amides is 3. The molecular formula is C23H29FN8O3. The van der Waals surface area contributed by atoms with Gasteiger partial charge in [0.15, 0.2) is 5.82 Å². The van der Waals surface area contributed by atoms with Crippen molar-refractivity contribution in [2.75, 3.05) is 6.54 Å². The van der Waals surface area contributed by atoms with Crippen molar-refractivity contribution in [2.24, 2.45) is 0 Å². The van der Waals surface area contributed by atoms with Gasteiger partial charge >= 0.3 is 0 Å². The van der Waals surface area contributed by atoms with Crippen molar-refractivity contribution in [2.45, 2.75) is 69.9 Å². The molecule has 1 aliphatic carbocycles. The van der Waals surface area contributed by atoms with E-state index < -0.39 is 28.6 Å². The van der Waals surface area contributed by atoms with Gasteiger partial charge in [-0.05, 0) is 63.8 Å². The van der Waals surface area contributed by atoms with E-state index in [9.17, 15) is 18.8 Å².